The normalized spacial score (nSPS) is 17.8. The number of aryl methyl sites for hydroxylation is 1. The number of halogens is 1. The van der Waals surface area contributed by atoms with Crippen molar-refractivity contribution in [2.75, 3.05) is 0 Å². The second-order valence-corrected chi connectivity index (χ2v) is 7.35. The minimum atomic E-state index is 0.0486. The number of nitrogens with one attached hydrogen (secondary N) is 1. The van der Waals surface area contributed by atoms with Crippen molar-refractivity contribution in [2.45, 2.75) is 52.6 Å². The fourth-order valence-electron chi connectivity index (χ4n) is 3.47. The van der Waals surface area contributed by atoms with Gasteiger partial charge in [-0.3, -0.25) is 4.79 Å². The van der Waals surface area contributed by atoms with Crippen LogP contribution in [0.3, 0.4) is 0 Å². The third-order valence-electron chi connectivity index (χ3n) is 4.62. The van der Waals surface area contributed by atoms with Crippen molar-refractivity contribution in [1.29, 1.82) is 0 Å². The minimum absolute atomic E-state index is 0.0486. The number of carbonyl (C=O) groups excluding carboxylic acids is 1. The van der Waals surface area contributed by atoms with Crippen LogP contribution in [0, 0.1) is 5.92 Å². The molecule has 3 nitrogen and oxygen atoms in total. The van der Waals surface area contributed by atoms with E-state index in [2.05, 4.69) is 50.9 Å². The molecule has 1 aliphatic rings. The Kier molecular flexibility index (Phi) is 4.31. The van der Waals surface area contributed by atoms with Crippen LogP contribution in [-0.2, 0) is 24.2 Å². The average molecular weight is 363 g/mol. The molecule has 118 valence electrons. The molecule has 2 aromatic rings. The number of aromatic nitrogens is 1. The van der Waals surface area contributed by atoms with Gasteiger partial charge in [0.15, 0.2) is 0 Å². The molecule has 0 spiro atoms. The van der Waals surface area contributed by atoms with Gasteiger partial charge in [0.2, 0.25) is 5.91 Å². The van der Waals surface area contributed by atoms with E-state index in [-0.39, 0.29) is 17.9 Å². The Bertz CT molecular complexity index is 717. The lowest BCUT2D eigenvalue weighted by Crippen LogP contribution is -2.40. The van der Waals surface area contributed by atoms with Gasteiger partial charge in [-0.25, -0.2) is 0 Å². The van der Waals surface area contributed by atoms with Crippen LogP contribution in [0.15, 0.2) is 22.7 Å². The highest BCUT2D eigenvalue weighted by Gasteiger charge is 2.26. The van der Waals surface area contributed by atoms with Crippen LogP contribution in [0.4, 0.5) is 0 Å². The first-order valence-corrected chi connectivity index (χ1v) is 8.90. The first-order chi connectivity index (χ1) is 10.5. The third-order valence-corrected chi connectivity index (χ3v) is 5.11. The molecule has 0 saturated heterocycles. The van der Waals surface area contributed by atoms with Gasteiger partial charge in [0.25, 0.3) is 0 Å². The van der Waals surface area contributed by atoms with Gasteiger partial charge >= 0.3 is 0 Å². The van der Waals surface area contributed by atoms with Gasteiger partial charge in [0.05, 0.1) is 0 Å². The van der Waals surface area contributed by atoms with E-state index in [1.54, 1.807) is 0 Å². The van der Waals surface area contributed by atoms with Crippen LogP contribution in [-0.4, -0.2) is 16.5 Å². The predicted molar refractivity (Wildman–Crippen MR) is 94.1 cm³/mol. The molecule has 1 aliphatic carbocycles. The second-order valence-electron chi connectivity index (χ2n) is 6.43. The molecule has 1 atom stereocenters. The van der Waals surface area contributed by atoms with Crippen LogP contribution < -0.4 is 5.32 Å². The van der Waals surface area contributed by atoms with Crippen molar-refractivity contribution in [2.24, 2.45) is 5.92 Å². The summed E-state index contributed by atoms with van der Waals surface area (Å²) in [5.74, 6) is 0.210. The highest BCUT2D eigenvalue weighted by molar-refractivity contribution is 9.10. The molecule has 1 N–H and O–H groups in total. The van der Waals surface area contributed by atoms with Crippen LogP contribution in [0.5, 0.6) is 0 Å². The number of carbonyl (C=O) groups is 1. The second kappa shape index (κ2) is 6.07. The Hall–Kier alpha value is -1.29. The summed E-state index contributed by atoms with van der Waals surface area (Å²) in [6.07, 6.45) is 3.01. The molecule has 1 unspecified atom stereocenters. The van der Waals surface area contributed by atoms with E-state index in [9.17, 15) is 4.79 Å². The molecule has 0 radical (unpaired) electrons. The summed E-state index contributed by atoms with van der Waals surface area (Å²) in [6, 6.07) is 6.78. The highest BCUT2D eigenvalue weighted by atomic mass is 79.9. The zero-order valence-corrected chi connectivity index (χ0v) is 15.0. The Morgan fingerprint density at radius 2 is 2.23 bits per heavy atom. The molecule has 1 amide bonds. The largest absolute Gasteiger partial charge is 0.353 e. The Morgan fingerprint density at radius 1 is 1.45 bits per heavy atom. The van der Waals surface area contributed by atoms with E-state index in [0.717, 1.165) is 30.3 Å². The number of hydrogen-bond donors (Lipinski definition) is 1. The molecule has 0 saturated carbocycles. The number of nitrogens with zero attached hydrogens (tertiary/aromatic N) is 1. The molecule has 0 fully saturated rings. The maximum Gasteiger partial charge on any atom is 0.222 e. The van der Waals surface area contributed by atoms with Gasteiger partial charge in [-0.1, -0.05) is 29.8 Å². The number of amides is 1. The molecule has 22 heavy (non-hydrogen) atoms. The quantitative estimate of drug-likeness (QED) is 0.877. The van der Waals surface area contributed by atoms with E-state index < -0.39 is 0 Å². The Morgan fingerprint density at radius 3 is 2.91 bits per heavy atom. The lowest BCUT2D eigenvalue weighted by Gasteiger charge is -2.25. The lowest BCUT2D eigenvalue weighted by molar-refractivity contribution is -0.124. The zero-order chi connectivity index (χ0) is 15.9. The van der Waals surface area contributed by atoms with Gasteiger partial charge in [-0.2, -0.15) is 0 Å². The molecule has 1 heterocycles. The summed E-state index contributed by atoms with van der Waals surface area (Å²) in [7, 11) is 0. The van der Waals surface area contributed by atoms with Crippen molar-refractivity contribution < 1.29 is 4.79 Å². The molecule has 0 bridgehead atoms. The molecular weight excluding hydrogens is 340 g/mol. The smallest absolute Gasteiger partial charge is 0.222 e. The van der Waals surface area contributed by atoms with Gasteiger partial charge in [-0.05, 0) is 49.9 Å². The SMILES string of the molecule is CCn1c2c(c3cc(Br)ccc31)CC(NC(=O)C(C)C)CC2. The zero-order valence-electron chi connectivity index (χ0n) is 13.4. The van der Waals surface area contributed by atoms with Crippen molar-refractivity contribution in [3.8, 4) is 0 Å². The summed E-state index contributed by atoms with van der Waals surface area (Å²) in [4.78, 5) is 12.0. The van der Waals surface area contributed by atoms with E-state index in [0.29, 0.717) is 0 Å². The average Bonchev–Trinajstić information content (AvgIpc) is 2.79. The van der Waals surface area contributed by atoms with Gasteiger partial charge in [-0.15, -0.1) is 0 Å². The standard InChI is InChI=1S/C18H23BrN2O/c1-4-21-16-7-5-12(19)9-14(16)15-10-13(6-8-17(15)21)20-18(22)11(2)3/h5,7,9,11,13H,4,6,8,10H2,1-3H3,(H,20,22). The molecule has 4 heteroatoms. The van der Waals surface area contributed by atoms with Crippen molar-refractivity contribution in [3.63, 3.8) is 0 Å². The molecule has 1 aromatic heterocycles. The van der Waals surface area contributed by atoms with E-state index >= 15 is 0 Å². The number of benzene rings is 1. The summed E-state index contributed by atoms with van der Waals surface area (Å²) < 4.78 is 3.54. The van der Waals surface area contributed by atoms with Crippen molar-refractivity contribution in [1.82, 2.24) is 9.88 Å². The molecule has 1 aromatic carbocycles. The lowest BCUT2D eigenvalue weighted by atomic mass is 9.91. The summed E-state index contributed by atoms with van der Waals surface area (Å²) in [5, 5.41) is 4.53. The van der Waals surface area contributed by atoms with Crippen LogP contribution in [0.2, 0.25) is 0 Å². The number of rotatable bonds is 3. The van der Waals surface area contributed by atoms with Crippen molar-refractivity contribution in [3.05, 3.63) is 33.9 Å². The number of fused-ring (bicyclic) bond motifs is 3. The maximum atomic E-state index is 12.0. The summed E-state index contributed by atoms with van der Waals surface area (Å²) in [5.41, 5.74) is 4.18. The van der Waals surface area contributed by atoms with Gasteiger partial charge < -0.3 is 9.88 Å². The van der Waals surface area contributed by atoms with Crippen molar-refractivity contribution >= 4 is 32.7 Å². The maximum absolute atomic E-state index is 12.0. The monoisotopic (exact) mass is 362 g/mol. The summed E-state index contributed by atoms with van der Waals surface area (Å²) >= 11 is 3.59. The molecule has 3 rings (SSSR count). The fourth-order valence-corrected chi connectivity index (χ4v) is 3.84. The summed E-state index contributed by atoms with van der Waals surface area (Å²) in [6.45, 7) is 7.10. The first-order valence-electron chi connectivity index (χ1n) is 8.11. The van der Waals surface area contributed by atoms with E-state index in [1.165, 1.54) is 22.2 Å². The molecular formula is C18H23BrN2O. The number of hydrogen-bond acceptors (Lipinski definition) is 1. The highest BCUT2D eigenvalue weighted by Crippen LogP contribution is 2.34. The van der Waals surface area contributed by atoms with Gasteiger partial charge in [0, 0.05) is 39.6 Å². The van der Waals surface area contributed by atoms with Crippen LogP contribution in [0.1, 0.15) is 38.4 Å². The van der Waals surface area contributed by atoms with E-state index in [1.807, 2.05) is 13.8 Å². The van der Waals surface area contributed by atoms with Crippen LogP contribution in [0.25, 0.3) is 10.9 Å². The topological polar surface area (TPSA) is 34.0 Å². The fraction of sp³-hybridized carbons (Fsp3) is 0.500. The Balaban J connectivity index is 1.98. The van der Waals surface area contributed by atoms with Gasteiger partial charge in [0.1, 0.15) is 0 Å². The first kappa shape index (κ1) is 15.6. The predicted octanol–water partition coefficient (Wildman–Crippen LogP) is 4.05. The molecule has 0 aliphatic heterocycles. The minimum Gasteiger partial charge on any atom is -0.353 e. The third kappa shape index (κ3) is 2.69. The van der Waals surface area contributed by atoms with E-state index in [4.69, 9.17) is 0 Å². The van der Waals surface area contributed by atoms with Crippen LogP contribution >= 0.6 is 15.9 Å². The Labute approximate surface area is 140 Å².